The van der Waals surface area contributed by atoms with E-state index in [-0.39, 0.29) is 0 Å². The molecule has 0 radical (unpaired) electrons. The van der Waals surface area contributed by atoms with Crippen LogP contribution in [0.3, 0.4) is 0 Å². The zero-order valence-corrected chi connectivity index (χ0v) is 18.4. The first kappa shape index (κ1) is 30.7. The lowest BCUT2D eigenvalue weighted by atomic mass is 10.1. The van der Waals surface area contributed by atoms with Crippen LogP contribution in [-0.2, 0) is 38.4 Å². The summed E-state index contributed by atoms with van der Waals surface area (Å²) in [6, 6.07) is -6.54. The molecule has 17 nitrogen and oxygen atoms in total. The molecule has 0 saturated carbocycles. The third kappa shape index (κ3) is 13.1. The molecule has 4 unspecified atom stereocenters. The second kappa shape index (κ2) is 14.8. The number of carbonyl (C=O) groups is 8. The molecular weight excluding hydrogens is 476 g/mol. The maximum Gasteiger partial charge on any atom is 0.326 e. The van der Waals surface area contributed by atoms with Crippen molar-refractivity contribution < 1.29 is 53.7 Å². The molecule has 0 aromatic heterocycles. The maximum atomic E-state index is 12.7. The first-order valence-corrected chi connectivity index (χ1v) is 10.0. The van der Waals surface area contributed by atoms with Crippen LogP contribution in [0, 0.1) is 0 Å². The minimum Gasteiger partial charge on any atom is -0.481 e. The Labute approximate surface area is 197 Å². The van der Waals surface area contributed by atoms with Gasteiger partial charge in [0.15, 0.2) is 0 Å². The highest BCUT2D eigenvalue weighted by molar-refractivity contribution is 5.96. The zero-order chi connectivity index (χ0) is 27.3. The van der Waals surface area contributed by atoms with Gasteiger partial charge >= 0.3 is 17.9 Å². The van der Waals surface area contributed by atoms with E-state index in [1.807, 2.05) is 5.32 Å². The normalized spacial score (nSPS) is 13.9. The van der Waals surface area contributed by atoms with Gasteiger partial charge in [0.2, 0.25) is 29.5 Å². The van der Waals surface area contributed by atoms with Gasteiger partial charge in [-0.15, -0.1) is 0 Å². The van der Waals surface area contributed by atoms with Gasteiger partial charge in [-0.25, -0.2) is 4.79 Å². The second-order valence-electron chi connectivity index (χ2n) is 7.33. The number of rotatable bonds is 17. The summed E-state index contributed by atoms with van der Waals surface area (Å²) < 4.78 is 0. The predicted molar refractivity (Wildman–Crippen MR) is 113 cm³/mol. The molecule has 0 aliphatic heterocycles. The molecule has 0 aliphatic carbocycles. The summed E-state index contributed by atoms with van der Waals surface area (Å²) >= 11 is 0. The van der Waals surface area contributed by atoms with Crippen LogP contribution in [0.25, 0.3) is 0 Å². The van der Waals surface area contributed by atoms with E-state index in [0.717, 1.165) is 0 Å². The molecule has 12 N–H and O–H groups in total. The minimum atomic E-state index is -1.74. The van der Waals surface area contributed by atoms with Crippen LogP contribution >= 0.6 is 0 Å². The molecule has 5 amide bonds. The number of aliphatic carboxylic acids is 3. The number of amides is 5. The lowest BCUT2D eigenvalue weighted by Crippen LogP contribution is -2.58. The summed E-state index contributed by atoms with van der Waals surface area (Å²) in [6.07, 6.45) is -3.52. The number of nitrogens with one attached hydrogen (secondary N) is 3. The van der Waals surface area contributed by atoms with Crippen LogP contribution < -0.4 is 33.2 Å². The third-order valence-corrected chi connectivity index (χ3v) is 4.34. The summed E-state index contributed by atoms with van der Waals surface area (Å²) in [7, 11) is 0. The van der Waals surface area contributed by atoms with Gasteiger partial charge in [0, 0.05) is 12.8 Å². The number of hydrogen-bond acceptors (Lipinski definition) is 9. The fourth-order valence-electron chi connectivity index (χ4n) is 2.60. The molecule has 35 heavy (non-hydrogen) atoms. The molecule has 0 aromatic rings. The molecule has 0 aliphatic rings. The molecule has 0 fully saturated rings. The van der Waals surface area contributed by atoms with Crippen molar-refractivity contribution in [3.05, 3.63) is 0 Å². The molecule has 0 bridgehead atoms. The number of carboxylic acid groups (broad SMARTS) is 3. The number of primary amides is 2. The number of carbonyl (C=O) groups excluding carboxylic acids is 5. The number of nitrogens with two attached hydrogens (primary N) is 3. The van der Waals surface area contributed by atoms with Crippen LogP contribution in [0.15, 0.2) is 0 Å². The third-order valence-electron chi connectivity index (χ3n) is 4.34. The molecular formula is C18H28N6O11. The highest BCUT2D eigenvalue weighted by Gasteiger charge is 2.31. The summed E-state index contributed by atoms with van der Waals surface area (Å²) in [4.78, 5) is 92.6. The lowest BCUT2D eigenvalue weighted by Gasteiger charge is -2.24. The minimum absolute atomic E-state index is 0.395. The Balaban J connectivity index is 5.60. The van der Waals surface area contributed by atoms with Gasteiger partial charge in [-0.2, -0.15) is 0 Å². The van der Waals surface area contributed by atoms with E-state index in [0.29, 0.717) is 0 Å². The average molecular weight is 504 g/mol. The van der Waals surface area contributed by atoms with Crippen molar-refractivity contribution in [2.75, 3.05) is 0 Å². The van der Waals surface area contributed by atoms with Gasteiger partial charge in [-0.1, -0.05) is 0 Å². The molecule has 4 atom stereocenters. The van der Waals surface area contributed by atoms with Crippen LogP contribution in [-0.4, -0.2) is 86.9 Å². The van der Waals surface area contributed by atoms with E-state index >= 15 is 0 Å². The van der Waals surface area contributed by atoms with Gasteiger partial charge in [0.05, 0.1) is 18.9 Å². The zero-order valence-electron chi connectivity index (χ0n) is 18.4. The summed E-state index contributed by atoms with van der Waals surface area (Å²) in [5, 5.41) is 32.8. The highest BCUT2D eigenvalue weighted by atomic mass is 16.4. The van der Waals surface area contributed by atoms with Gasteiger partial charge in [0.1, 0.15) is 18.1 Å². The molecule has 0 heterocycles. The van der Waals surface area contributed by atoms with Crippen molar-refractivity contribution in [1.82, 2.24) is 16.0 Å². The quantitative estimate of drug-likeness (QED) is 0.0902. The molecule has 17 heteroatoms. The highest BCUT2D eigenvalue weighted by Crippen LogP contribution is 2.04. The van der Waals surface area contributed by atoms with Crippen molar-refractivity contribution >= 4 is 47.4 Å². The SMILES string of the molecule is NC(=O)CCC(NC(=O)C(N)CC(=O)O)C(=O)NC(CC(N)=O)C(=O)NC(CCC(=O)O)C(=O)O. The van der Waals surface area contributed by atoms with Crippen molar-refractivity contribution in [2.24, 2.45) is 17.2 Å². The van der Waals surface area contributed by atoms with Crippen molar-refractivity contribution in [2.45, 2.75) is 62.7 Å². The van der Waals surface area contributed by atoms with Crippen LogP contribution in [0.1, 0.15) is 38.5 Å². The Hall–Kier alpha value is -4.28. The van der Waals surface area contributed by atoms with Crippen molar-refractivity contribution in [1.29, 1.82) is 0 Å². The summed E-state index contributed by atoms with van der Waals surface area (Å²) in [5.74, 6) is -9.65. The Morgan fingerprint density at radius 1 is 0.600 bits per heavy atom. The maximum absolute atomic E-state index is 12.7. The fraction of sp³-hybridized carbons (Fsp3) is 0.556. The van der Waals surface area contributed by atoms with Crippen molar-refractivity contribution in [3.63, 3.8) is 0 Å². The van der Waals surface area contributed by atoms with E-state index in [4.69, 9.17) is 27.4 Å². The lowest BCUT2D eigenvalue weighted by molar-refractivity contribution is -0.143. The first-order chi connectivity index (χ1) is 16.1. The van der Waals surface area contributed by atoms with Gasteiger partial charge < -0.3 is 48.5 Å². The molecule has 0 spiro atoms. The predicted octanol–water partition coefficient (Wildman–Crippen LogP) is -4.67. The van der Waals surface area contributed by atoms with Gasteiger partial charge in [0.25, 0.3) is 0 Å². The fourth-order valence-corrected chi connectivity index (χ4v) is 2.60. The second-order valence-corrected chi connectivity index (χ2v) is 7.33. The standard InChI is InChI=1S/C18H28N6O11/c19-7(5-14(29)30)15(31)22-8(1-3-11(20)25)16(32)24-10(6-12(21)26)17(33)23-9(18(34)35)2-4-13(27)28/h7-10H,1-6,19H2,(H2,20,25)(H2,21,26)(H,22,31)(H,23,33)(H,24,32)(H,27,28)(H,29,30)(H,34,35). The van der Waals surface area contributed by atoms with Crippen molar-refractivity contribution in [3.8, 4) is 0 Å². The molecule has 196 valence electrons. The Bertz CT molecular complexity index is 862. The summed E-state index contributed by atoms with van der Waals surface area (Å²) in [5.41, 5.74) is 15.5. The number of carboxylic acids is 3. The van der Waals surface area contributed by atoms with Crippen LogP contribution in [0.5, 0.6) is 0 Å². The van der Waals surface area contributed by atoms with E-state index in [9.17, 15) is 43.5 Å². The van der Waals surface area contributed by atoms with E-state index in [1.165, 1.54) is 0 Å². The largest absolute Gasteiger partial charge is 0.481 e. The smallest absolute Gasteiger partial charge is 0.326 e. The summed E-state index contributed by atoms with van der Waals surface area (Å²) in [6.45, 7) is 0. The Morgan fingerprint density at radius 2 is 1.09 bits per heavy atom. The topological polar surface area (TPSA) is 311 Å². The van der Waals surface area contributed by atoms with Crippen LogP contribution in [0.4, 0.5) is 0 Å². The average Bonchev–Trinajstić information content (AvgIpc) is 2.71. The Kier molecular flexibility index (Phi) is 13.0. The van der Waals surface area contributed by atoms with E-state index in [2.05, 4.69) is 10.6 Å². The first-order valence-electron chi connectivity index (χ1n) is 10.0. The van der Waals surface area contributed by atoms with Gasteiger partial charge in [-0.3, -0.25) is 33.6 Å². The van der Waals surface area contributed by atoms with Gasteiger partial charge in [-0.05, 0) is 12.8 Å². The monoisotopic (exact) mass is 504 g/mol. The van der Waals surface area contributed by atoms with E-state index < -0.39 is 110 Å². The number of hydrogen-bond donors (Lipinski definition) is 9. The van der Waals surface area contributed by atoms with Crippen LogP contribution in [0.2, 0.25) is 0 Å². The molecule has 0 saturated heterocycles. The molecule has 0 rings (SSSR count). The van der Waals surface area contributed by atoms with E-state index in [1.54, 1.807) is 0 Å². The molecule has 0 aromatic carbocycles. The Morgan fingerprint density at radius 3 is 1.54 bits per heavy atom.